The molecule has 8 nitrogen and oxygen atoms in total. The molecule has 1 N–H and O–H groups in total. The van der Waals surface area contributed by atoms with E-state index < -0.39 is 23.0 Å². The van der Waals surface area contributed by atoms with Crippen LogP contribution in [0.25, 0.3) is 0 Å². The predicted octanol–water partition coefficient (Wildman–Crippen LogP) is 2.38. The summed E-state index contributed by atoms with van der Waals surface area (Å²) in [4.78, 5) is 43.3. The first-order chi connectivity index (χ1) is 14.5. The number of hydroxylamine groups is 1. The molecule has 10 heteroatoms. The molecule has 0 unspecified atom stereocenters. The van der Waals surface area contributed by atoms with Gasteiger partial charge in [-0.15, -0.1) is 0 Å². The van der Waals surface area contributed by atoms with Crippen molar-refractivity contribution in [3.8, 4) is 0 Å². The summed E-state index contributed by atoms with van der Waals surface area (Å²) in [5.74, 6) is -1.29. The van der Waals surface area contributed by atoms with Crippen LogP contribution < -0.4 is 16.7 Å². The van der Waals surface area contributed by atoms with E-state index in [-0.39, 0.29) is 48.6 Å². The second kappa shape index (κ2) is 10.5. The number of ether oxygens (including phenoxy) is 1. The molecular weight excluding hydrogens is 520 g/mol. The van der Waals surface area contributed by atoms with Crippen molar-refractivity contribution in [3.05, 3.63) is 65.2 Å². The van der Waals surface area contributed by atoms with Crippen LogP contribution in [0.4, 0.5) is 4.39 Å². The maximum Gasteiger partial charge on any atom is 0.330 e. The first kappa shape index (κ1) is 25.2. The molecule has 31 heavy (non-hydrogen) atoms. The van der Waals surface area contributed by atoms with Gasteiger partial charge >= 0.3 is 5.69 Å². The number of hydrogen-bond acceptors (Lipinski definition) is 5. The lowest BCUT2D eigenvalue weighted by Crippen LogP contribution is -2.45. The van der Waals surface area contributed by atoms with Crippen molar-refractivity contribution in [2.75, 3.05) is 13.2 Å². The molecule has 1 aromatic heterocycles. The van der Waals surface area contributed by atoms with Crippen molar-refractivity contribution in [3.63, 3.8) is 0 Å². The number of benzene rings is 1. The van der Waals surface area contributed by atoms with E-state index in [0.717, 1.165) is 4.57 Å². The fourth-order valence-electron chi connectivity index (χ4n) is 2.95. The largest absolute Gasteiger partial charge is 0.373 e. The van der Waals surface area contributed by atoms with Crippen molar-refractivity contribution in [1.29, 1.82) is 0 Å². The van der Waals surface area contributed by atoms with Gasteiger partial charge < -0.3 is 4.74 Å². The van der Waals surface area contributed by atoms with Gasteiger partial charge in [-0.1, -0.05) is 6.07 Å². The Labute approximate surface area is 193 Å². The summed E-state index contributed by atoms with van der Waals surface area (Å²) in [6.45, 7) is 7.88. The zero-order valence-corrected chi connectivity index (χ0v) is 20.4. The molecule has 1 aromatic carbocycles. The zero-order valence-electron chi connectivity index (χ0n) is 18.3. The summed E-state index contributed by atoms with van der Waals surface area (Å²) in [5.41, 5.74) is 0.650. The third-order valence-electron chi connectivity index (χ3n) is 4.45. The molecule has 0 radical (unpaired) electrons. The molecule has 170 valence electrons. The monoisotopic (exact) mass is 547 g/mol. The number of carbonyl (C=O) groups excluding carboxylic acids is 1. The van der Waals surface area contributed by atoms with Gasteiger partial charge in [0.1, 0.15) is 11.4 Å². The Hall–Kier alpha value is -2.05. The number of amides is 1. The Morgan fingerprint density at radius 2 is 1.90 bits per heavy atom. The van der Waals surface area contributed by atoms with Crippen LogP contribution in [0.5, 0.6) is 0 Å². The van der Waals surface area contributed by atoms with Gasteiger partial charge in [0.15, 0.2) is 0 Å². The van der Waals surface area contributed by atoms with Gasteiger partial charge in [0.2, 0.25) is 0 Å². The average molecular weight is 547 g/mol. The van der Waals surface area contributed by atoms with Crippen LogP contribution >= 0.6 is 22.6 Å². The highest BCUT2D eigenvalue weighted by atomic mass is 127. The third-order valence-corrected chi connectivity index (χ3v) is 5.12. The minimum absolute atomic E-state index is 0.0673. The lowest BCUT2D eigenvalue weighted by atomic mass is 10.0. The van der Waals surface area contributed by atoms with E-state index in [4.69, 9.17) is 9.57 Å². The Balaban J connectivity index is 2.39. The van der Waals surface area contributed by atoms with Crippen molar-refractivity contribution in [2.24, 2.45) is 7.05 Å². The molecule has 0 aliphatic heterocycles. The van der Waals surface area contributed by atoms with Crippen molar-refractivity contribution in [1.82, 2.24) is 14.6 Å². The summed E-state index contributed by atoms with van der Waals surface area (Å²) >= 11 is 1.99. The molecule has 1 heterocycles. The Kier molecular flexibility index (Phi) is 8.55. The fraction of sp³-hybridized carbons (Fsp3) is 0.476. The fourth-order valence-corrected chi connectivity index (χ4v) is 3.40. The standard InChI is InChI=1S/C21H27FIN3O5/c1-6-26-16(11-13-7-8-14(23)12-15(13)22)17(19(28)25(5)20(26)29)18(27)24-31-10-9-30-21(2,3)4/h7-8,12H,6,9-11H2,1-5H3,(H,24,27). The lowest BCUT2D eigenvalue weighted by molar-refractivity contribution is -0.0512. The molecule has 2 aromatic rings. The lowest BCUT2D eigenvalue weighted by Gasteiger charge is -2.19. The highest BCUT2D eigenvalue weighted by molar-refractivity contribution is 14.1. The third kappa shape index (κ3) is 6.47. The summed E-state index contributed by atoms with van der Waals surface area (Å²) in [6.07, 6.45) is -0.0994. The SMILES string of the molecule is CCn1c(Cc2ccc(I)cc2F)c(C(=O)NOCCOC(C)(C)C)c(=O)n(C)c1=O. The van der Waals surface area contributed by atoms with Gasteiger partial charge in [-0.25, -0.2) is 14.7 Å². The molecule has 0 bridgehead atoms. The highest BCUT2D eigenvalue weighted by Crippen LogP contribution is 2.17. The van der Waals surface area contributed by atoms with E-state index in [9.17, 15) is 18.8 Å². The normalized spacial score (nSPS) is 11.6. The summed E-state index contributed by atoms with van der Waals surface area (Å²) in [6, 6.07) is 4.64. The minimum Gasteiger partial charge on any atom is -0.373 e. The summed E-state index contributed by atoms with van der Waals surface area (Å²) in [7, 11) is 1.29. The van der Waals surface area contributed by atoms with Crippen molar-refractivity contribution < 1.29 is 18.8 Å². The van der Waals surface area contributed by atoms with Crippen LogP contribution in [0.2, 0.25) is 0 Å². The molecular formula is C21H27FIN3O5. The van der Waals surface area contributed by atoms with Crippen molar-refractivity contribution in [2.45, 2.75) is 46.3 Å². The minimum atomic E-state index is -0.806. The maximum atomic E-state index is 14.5. The topological polar surface area (TPSA) is 91.6 Å². The van der Waals surface area contributed by atoms with Crippen LogP contribution in [0.3, 0.4) is 0 Å². The zero-order chi connectivity index (χ0) is 23.3. The average Bonchev–Trinajstić information content (AvgIpc) is 2.67. The van der Waals surface area contributed by atoms with Gasteiger partial charge in [0.05, 0.1) is 18.8 Å². The quantitative estimate of drug-likeness (QED) is 0.312. The second-order valence-corrected chi connectivity index (χ2v) is 9.11. The number of nitrogens with zero attached hydrogens (tertiary/aromatic N) is 2. The summed E-state index contributed by atoms with van der Waals surface area (Å²) in [5, 5.41) is 0. The van der Waals surface area contributed by atoms with Gasteiger partial charge in [0, 0.05) is 29.3 Å². The Morgan fingerprint density at radius 1 is 1.23 bits per heavy atom. The molecule has 1 amide bonds. The second-order valence-electron chi connectivity index (χ2n) is 7.87. The number of rotatable bonds is 8. The van der Waals surface area contributed by atoms with E-state index >= 15 is 0 Å². The molecule has 2 rings (SSSR count). The first-order valence-electron chi connectivity index (χ1n) is 9.79. The van der Waals surface area contributed by atoms with E-state index in [1.54, 1.807) is 19.1 Å². The molecule has 0 aliphatic rings. The highest BCUT2D eigenvalue weighted by Gasteiger charge is 2.24. The van der Waals surface area contributed by atoms with Gasteiger partial charge in [-0.3, -0.25) is 23.6 Å². The van der Waals surface area contributed by atoms with E-state index in [1.807, 2.05) is 43.4 Å². The number of aromatic nitrogens is 2. The van der Waals surface area contributed by atoms with Crippen LogP contribution in [-0.2, 0) is 29.6 Å². The number of nitrogens with one attached hydrogen (secondary N) is 1. The van der Waals surface area contributed by atoms with Gasteiger partial charge in [-0.2, -0.15) is 0 Å². The number of hydrogen-bond donors (Lipinski definition) is 1. The maximum absolute atomic E-state index is 14.5. The molecule has 0 fully saturated rings. The van der Waals surface area contributed by atoms with Crippen LogP contribution in [0.1, 0.15) is 49.3 Å². The van der Waals surface area contributed by atoms with E-state index in [2.05, 4.69) is 5.48 Å². The predicted molar refractivity (Wildman–Crippen MR) is 123 cm³/mol. The first-order valence-corrected chi connectivity index (χ1v) is 10.9. The number of halogens is 2. The number of carbonyl (C=O) groups is 1. The van der Waals surface area contributed by atoms with E-state index in [0.29, 0.717) is 3.57 Å². The van der Waals surface area contributed by atoms with Gasteiger partial charge in [-0.05, 0) is 68.0 Å². The van der Waals surface area contributed by atoms with Crippen LogP contribution in [-0.4, -0.2) is 33.9 Å². The Morgan fingerprint density at radius 3 is 2.48 bits per heavy atom. The smallest absolute Gasteiger partial charge is 0.330 e. The van der Waals surface area contributed by atoms with Crippen LogP contribution in [0.15, 0.2) is 27.8 Å². The molecule has 0 aliphatic carbocycles. The molecule has 0 spiro atoms. The molecule has 0 atom stereocenters. The molecule has 0 saturated heterocycles. The Bertz CT molecular complexity index is 1070. The molecule has 0 saturated carbocycles. The summed E-state index contributed by atoms with van der Waals surface area (Å²) < 4.78 is 22.8. The van der Waals surface area contributed by atoms with Gasteiger partial charge in [0.25, 0.3) is 11.5 Å². The van der Waals surface area contributed by atoms with Crippen molar-refractivity contribution >= 4 is 28.5 Å². The van der Waals surface area contributed by atoms with Crippen LogP contribution in [0, 0.1) is 9.39 Å². The van der Waals surface area contributed by atoms with E-state index in [1.165, 1.54) is 17.7 Å².